The molecule has 0 spiro atoms. The van der Waals surface area contributed by atoms with Crippen molar-refractivity contribution in [2.24, 2.45) is 10.8 Å². The predicted molar refractivity (Wildman–Crippen MR) is 66.4 cm³/mol. The van der Waals surface area contributed by atoms with E-state index in [1.54, 1.807) is 0 Å². The van der Waals surface area contributed by atoms with Gasteiger partial charge in [0.15, 0.2) is 5.78 Å². The number of carbonyl (C=O) groups excluding carboxylic acids is 1. The molecule has 1 unspecified atom stereocenters. The number of ketones is 1. The van der Waals surface area contributed by atoms with Gasteiger partial charge in [0, 0.05) is 17.4 Å². The first-order valence-electron chi connectivity index (χ1n) is 5.17. The largest absolute Gasteiger partial charge is 0.319 e. The number of carbonyl (C=O) groups is 1. The fourth-order valence-electron chi connectivity index (χ4n) is 2.52. The number of nitrogens with one attached hydrogen (secondary N) is 1. The van der Waals surface area contributed by atoms with Gasteiger partial charge in [-0.25, -0.2) is 0 Å². The molecule has 1 aliphatic rings. The summed E-state index contributed by atoms with van der Waals surface area (Å²) in [5.41, 5.74) is -0.216. The number of hydrogen-bond donors (Lipinski definition) is 1. The minimum Gasteiger partial charge on any atom is -0.319 e. The lowest BCUT2D eigenvalue weighted by atomic mass is 9.65. The van der Waals surface area contributed by atoms with E-state index in [1.165, 1.54) is 0 Å². The third-order valence-electron chi connectivity index (χ3n) is 2.90. The van der Waals surface area contributed by atoms with Crippen molar-refractivity contribution < 1.29 is 4.79 Å². The van der Waals surface area contributed by atoms with Crippen LogP contribution in [0.1, 0.15) is 27.2 Å². The minimum absolute atomic E-state index is 0. The molecule has 0 aliphatic heterocycles. The van der Waals surface area contributed by atoms with E-state index >= 15 is 0 Å². The molecular formula is C12H19ClN2O. The number of hydrogen-bond acceptors (Lipinski definition) is 3. The van der Waals surface area contributed by atoms with Gasteiger partial charge in [0.1, 0.15) is 6.07 Å². The molecule has 0 heterocycles. The highest BCUT2D eigenvalue weighted by molar-refractivity contribution is 6.03. The van der Waals surface area contributed by atoms with Crippen LogP contribution in [0.4, 0.5) is 0 Å². The van der Waals surface area contributed by atoms with E-state index in [4.69, 9.17) is 5.26 Å². The zero-order chi connectivity index (χ0) is 11.7. The monoisotopic (exact) mass is 242 g/mol. The highest BCUT2D eigenvalue weighted by atomic mass is 35.5. The maximum atomic E-state index is 11.9. The molecule has 0 aromatic heterocycles. The number of allylic oxidation sites excluding steroid dienone is 1. The van der Waals surface area contributed by atoms with Gasteiger partial charge in [-0.3, -0.25) is 4.79 Å². The zero-order valence-corrected chi connectivity index (χ0v) is 11.1. The summed E-state index contributed by atoms with van der Waals surface area (Å²) in [7, 11) is 1.88. The smallest absolute Gasteiger partial charge is 0.178 e. The molecule has 1 aliphatic carbocycles. The first-order chi connectivity index (χ1) is 6.84. The van der Waals surface area contributed by atoms with Gasteiger partial charge >= 0.3 is 0 Å². The van der Waals surface area contributed by atoms with Gasteiger partial charge in [0.25, 0.3) is 0 Å². The molecule has 0 aromatic rings. The number of rotatable bonds is 2. The lowest BCUT2D eigenvalue weighted by Crippen LogP contribution is -2.41. The molecule has 90 valence electrons. The van der Waals surface area contributed by atoms with Crippen molar-refractivity contribution in [2.75, 3.05) is 13.6 Å². The molecule has 1 atom stereocenters. The lowest BCUT2D eigenvalue weighted by molar-refractivity contribution is -0.125. The Hall–Kier alpha value is -0.850. The van der Waals surface area contributed by atoms with Gasteiger partial charge in [0.05, 0.1) is 5.57 Å². The number of halogens is 1. The molecule has 0 saturated heterocycles. The number of nitrogens with zero attached hydrogens (tertiary/aromatic N) is 1. The Labute approximate surface area is 103 Å². The van der Waals surface area contributed by atoms with Crippen LogP contribution in [-0.2, 0) is 4.79 Å². The first-order valence-corrected chi connectivity index (χ1v) is 5.17. The van der Waals surface area contributed by atoms with E-state index in [0.29, 0.717) is 5.57 Å². The summed E-state index contributed by atoms with van der Waals surface area (Å²) in [4.78, 5) is 11.9. The second-order valence-corrected chi connectivity index (χ2v) is 5.24. The standard InChI is InChI=1S/C12H18N2O.ClH/c1-11(2)7-12(3,8-14-4)5-9(6-13)10(11)15;/h5,14H,7-8H2,1-4H3;1H. The Morgan fingerprint density at radius 1 is 1.50 bits per heavy atom. The van der Waals surface area contributed by atoms with Crippen LogP contribution in [-0.4, -0.2) is 19.4 Å². The van der Waals surface area contributed by atoms with E-state index in [9.17, 15) is 4.79 Å². The molecule has 0 radical (unpaired) electrons. The van der Waals surface area contributed by atoms with Gasteiger partial charge in [-0.2, -0.15) is 5.26 Å². The Bertz CT molecular complexity index is 355. The summed E-state index contributed by atoms with van der Waals surface area (Å²) < 4.78 is 0. The van der Waals surface area contributed by atoms with Crippen molar-refractivity contribution in [2.45, 2.75) is 27.2 Å². The summed E-state index contributed by atoms with van der Waals surface area (Å²) >= 11 is 0. The zero-order valence-electron chi connectivity index (χ0n) is 10.3. The van der Waals surface area contributed by atoms with Crippen molar-refractivity contribution in [1.29, 1.82) is 5.26 Å². The molecular weight excluding hydrogens is 224 g/mol. The fourth-order valence-corrected chi connectivity index (χ4v) is 2.52. The Morgan fingerprint density at radius 2 is 2.06 bits per heavy atom. The van der Waals surface area contributed by atoms with E-state index in [-0.39, 0.29) is 23.6 Å². The second kappa shape index (κ2) is 4.99. The van der Waals surface area contributed by atoms with Crippen molar-refractivity contribution in [3.8, 4) is 6.07 Å². The molecule has 0 aromatic carbocycles. The van der Waals surface area contributed by atoms with Crippen molar-refractivity contribution >= 4 is 18.2 Å². The van der Waals surface area contributed by atoms with E-state index in [0.717, 1.165) is 13.0 Å². The van der Waals surface area contributed by atoms with Gasteiger partial charge in [-0.1, -0.05) is 26.8 Å². The van der Waals surface area contributed by atoms with E-state index < -0.39 is 5.41 Å². The van der Waals surface area contributed by atoms with Crippen LogP contribution >= 0.6 is 12.4 Å². The molecule has 4 heteroatoms. The van der Waals surface area contributed by atoms with Crippen LogP contribution < -0.4 is 5.32 Å². The maximum Gasteiger partial charge on any atom is 0.178 e. The summed E-state index contributed by atoms with van der Waals surface area (Å²) in [5, 5.41) is 12.0. The Balaban J connectivity index is 0.00000225. The van der Waals surface area contributed by atoms with Crippen LogP contribution in [0.3, 0.4) is 0 Å². The van der Waals surface area contributed by atoms with Crippen molar-refractivity contribution in [3.05, 3.63) is 11.6 Å². The van der Waals surface area contributed by atoms with E-state index in [2.05, 4.69) is 12.2 Å². The van der Waals surface area contributed by atoms with Crippen molar-refractivity contribution in [1.82, 2.24) is 5.32 Å². The average molecular weight is 243 g/mol. The number of nitriles is 1. The third-order valence-corrected chi connectivity index (χ3v) is 2.90. The average Bonchev–Trinajstić information content (AvgIpc) is 2.11. The molecule has 0 amide bonds. The summed E-state index contributed by atoms with van der Waals surface area (Å²) in [6.45, 7) is 6.69. The van der Waals surface area contributed by atoms with Gasteiger partial charge in [0.2, 0.25) is 0 Å². The van der Waals surface area contributed by atoms with Crippen LogP contribution in [0.2, 0.25) is 0 Å². The Morgan fingerprint density at radius 3 is 2.50 bits per heavy atom. The summed E-state index contributed by atoms with van der Waals surface area (Å²) in [5.74, 6) is -0.0291. The summed E-state index contributed by atoms with van der Waals surface area (Å²) in [6.07, 6.45) is 2.60. The topological polar surface area (TPSA) is 52.9 Å². The highest BCUT2D eigenvalue weighted by Gasteiger charge is 2.42. The second-order valence-electron chi connectivity index (χ2n) is 5.24. The molecule has 3 nitrogen and oxygen atoms in total. The van der Waals surface area contributed by atoms with Gasteiger partial charge in [-0.15, -0.1) is 12.4 Å². The SMILES string of the molecule is CNCC1(C)C=C(C#N)C(=O)C(C)(C)C1.Cl. The quantitative estimate of drug-likeness (QED) is 0.807. The third kappa shape index (κ3) is 2.84. The molecule has 1 N–H and O–H groups in total. The fraction of sp³-hybridized carbons (Fsp3) is 0.667. The summed E-state index contributed by atoms with van der Waals surface area (Å²) in [6, 6.07) is 2.01. The van der Waals surface area contributed by atoms with Crippen molar-refractivity contribution in [3.63, 3.8) is 0 Å². The molecule has 16 heavy (non-hydrogen) atoms. The molecule has 1 rings (SSSR count). The Kier molecular flexibility index (Phi) is 4.72. The predicted octanol–water partition coefficient (Wildman–Crippen LogP) is 2.08. The minimum atomic E-state index is -0.425. The first kappa shape index (κ1) is 15.2. The molecule has 0 bridgehead atoms. The van der Waals surface area contributed by atoms with Gasteiger partial charge in [-0.05, 0) is 13.5 Å². The number of Topliss-reactive ketones (excluding diaryl/α,β-unsaturated/α-hetero) is 1. The van der Waals surface area contributed by atoms with Crippen LogP contribution in [0, 0.1) is 22.2 Å². The van der Waals surface area contributed by atoms with Crippen LogP contribution in [0.15, 0.2) is 11.6 Å². The molecule has 0 saturated carbocycles. The molecule has 0 fully saturated rings. The van der Waals surface area contributed by atoms with Crippen LogP contribution in [0.25, 0.3) is 0 Å². The van der Waals surface area contributed by atoms with Crippen LogP contribution in [0.5, 0.6) is 0 Å². The highest BCUT2D eigenvalue weighted by Crippen LogP contribution is 2.41. The van der Waals surface area contributed by atoms with Gasteiger partial charge < -0.3 is 5.32 Å². The maximum absolute atomic E-state index is 11.9. The lowest BCUT2D eigenvalue weighted by Gasteiger charge is -2.38. The van der Waals surface area contributed by atoms with E-state index in [1.807, 2.05) is 33.0 Å². The normalized spacial score (nSPS) is 27.7.